The van der Waals surface area contributed by atoms with Crippen LogP contribution in [0.2, 0.25) is 0 Å². The summed E-state index contributed by atoms with van der Waals surface area (Å²) in [5.74, 6) is 6.12. The summed E-state index contributed by atoms with van der Waals surface area (Å²) >= 11 is 0. The number of benzene rings is 3. The third-order valence-corrected chi connectivity index (χ3v) is 12.9. The van der Waals surface area contributed by atoms with Gasteiger partial charge in [-0.3, -0.25) is 24.6 Å². The van der Waals surface area contributed by atoms with E-state index >= 15 is 0 Å². The van der Waals surface area contributed by atoms with Gasteiger partial charge in [0, 0.05) is 124 Å². The number of aliphatic imine (C=N–C) groups is 1. The summed E-state index contributed by atoms with van der Waals surface area (Å²) in [5.41, 5.74) is 6.61. The van der Waals surface area contributed by atoms with Crippen molar-refractivity contribution in [3.63, 3.8) is 0 Å². The highest BCUT2D eigenvalue weighted by atomic mass is 19.1. The van der Waals surface area contributed by atoms with E-state index in [0.29, 0.717) is 42.2 Å². The van der Waals surface area contributed by atoms with Gasteiger partial charge in [0.15, 0.2) is 0 Å². The molecule has 1 atom stereocenters. The van der Waals surface area contributed by atoms with Gasteiger partial charge in [-0.25, -0.2) is 9.38 Å². The number of nitroso groups, excluding NO2 is 1. The molecule has 3 amide bonds. The first-order chi connectivity index (χ1) is 31.6. The topological polar surface area (TPSA) is 157 Å². The molecule has 0 aliphatic carbocycles. The molecular weight excluding hydrogens is 824 g/mol. The Morgan fingerprint density at radius 3 is 2.35 bits per heavy atom. The third-order valence-electron chi connectivity index (χ3n) is 12.9. The number of fused-ring (bicyclic) bond motifs is 1. The van der Waals surface area contributed by atoms with Crippen molar-refractivity contribution in [3.05, 3.63) is 129 Å². The van der Waals surface area contributed by atoms with Gasteiger partial charge in [0.05, 0.1) is 12.3 Å². The number of hydrogen-bond acceptors (Lipinski definition) is 12. The first kappa shape index (κ1) is 45.2. The molecule has 14 nitrogen and oxygen atoms in total. The number of hydrogen-bond donors (Lipinski definition) is 3. The lowest BCUT2D eigenvalue weighted by Gasteiger charge is -2.38. The minimum Gasteiger partial charge on any atom is -0.356 e. The lowest BCUT2D eigenvalue weighted by atomic mass is 10.00. The highest BCUT2D eigenvalue weighted by Crippen LogP contribution is 2.31. The Balaban J connectivity index is 0.829. The van der Waals surface area contributed by atoms with E-state index in [0.717, 1.165) is 113 Å². The van der Waals surface area contributed by atoms with Crippen molar-refractivity contribution in [2.24, 2.45) is 10.2 Å². The number of carbonyl (C=O) groups excluding carboxylic acids is 3. The van der Waals surface area contributed by atoms with E-state index in [2.05, 4.69) is 77.6 Å². The molecule has 0 radical (unpaired) electrons. The number of nitrogens with zero attached hydrogens (tertiary/aromatic N) is 7. The maximum atomic E-state index is 14.6. The minimum absolute atomic E-state index is 0.160. The molecule has 5 heterocycles. The second-order valence-corrected chi connectivity index (χ2v) is 17.3. The number of unbranched alkanes of at least 4 members (excludes halogenated alkanes) is 2. The van der Waals surface area contributed by atoms with E-state index in [1.165, 1.54) is 22.6 Å². The maximum absolute atomic E-state index is 14.6. The summed E-state index contributed by atoms with van der Waals surface area (Å²) < 4.78 is 14.6. The van der Waals surface area contributed by atoms with Crippen LogP contribution >= 0.6 is 0 Å². The van der Waals surface area contributed by atoms with Crippen LogP contribution in [0.1, 0.15) is 77.2 Å². The zero-order valence-electron chi connectivity index (χ0n) is 37.1. The van der Waals surface area contributed by atoms with Crippen molar-refractivity contribution in [1.82, 2.24) is 35.1 Å². The average molecular weight is 881 g/mol. The Kier molecular flexibility index (Phi) is 14.7. The Hall–Kier alpha value is -6.34. The van der Waals surface area contributed by atoms with Crippen LogP contribution in [-0.4, -0.2) is 138 Å². The molecule has 0 saturated carbocycles. The number of nitrogens with one attached hydrogen (secondary N) is 3. The molecular formula is C50H57FN10O4. The van der Waals surface area contributed by atoms with E-state index in [1.807, 2.05) is 30.3 Å². The summed E-state index contributed by atoms with van der Waals surface area (Å²) in [6, 6.07) is 20.4. The lowest BCUT2D eigenvalue weighted by molar-refractivity contribution is -0.136. The second kappa shape index (κ2) is 21.1. The van der Waals surface area contributed by atoms with Gasteiger partial charge in [-0.2, -0.15) is 4.91 Å². The van der Waals surface area contributed by atoms with Crippen molar-refractivity contribution in [2.75, 3.05) is 78.5 Å². The summed E-state index contributed by atoms with van der Waals surface area (Å²) in [7, 11) is 0. The number of piperazine rings is 2. The van der Waals surface area contributed by atoms with Crippen molar-refractivity contribution in [3.8, 4) is 11.8 Å². The normalized spacial score (nSPS) is 20.3. The van der Waals surface area contributed by atoms with Crippen LogP contribution in [0.4, 0.5) is 4.39 Å². The molecule has 5 aliphatic heterocycles. The second-order valence-electron chi connectivity index (χ2n) is 17.3. The Bertz CT molecular complexity index is 2460. The molecule has 0 bridgehead atoms. The monoisotopic (exact) mass is 880 g/mol. The molecule has 0 spiro atoms. The molecule has 8 rings (SSSR count). The van der Waals surface area contributed by atoms with Gasteiger partial charge in [0.1, 0.15) is 23.5 Å². The molecule has 15 heteroatoms. The van der Waals surface area contributed by atoms with E-state index in [9.17, 15) is 23.7 Å². The van der Waals surface area contributed by atoms with Gasteiger partial charge >= 0.3 is 0 Å². The molecule has 3 aromatic rings. The highest BCUT2D eigenvalue weighted by molar-refractivity contribution is 6.23. The van der Waals surface area contributed by atoms with Crippen LogP contribution in [0.5, 0.6) is 0 Å². The van der Waals surface area contributed by atoms with E-state index in [1.54, 1.807) is 6.92 Å². The van der Waals surface area contributed by atoms with E-state index < -0.39 is 23.7 Å². The average Bonchev–Trinajstić information content (AvgIpc) is 3.64. The standard InChI is InChI=1S/C50H57FN10O4/c1-35(52)47(37-11-6-4-7-12-37)48-54-43(33-45(55-48)60-28-26-59(27-29-60)21-18-53-65)39-14-9-10-36(30-39)17-20-58-24-22-57(23-25-58)19-8-3-2-5-13-38-31-40(51)32-41-42(38)34-61(50(41)64)44-15-16-46(62)56-49(44)63/h4,6-7,9-12,14,30-33,44,52,55H,2-3,8,15-29,34H2,1H3,(H,56,62,63)/b48-47+,52-35?. The van der Waals surface area contributed by atoms with Gasteiger partial charge in [-0.05, 0) is 68.5 Å². The number of allylic oxidation sites excluding steroid dienone is 2. The first-order valence-electron chi connectivity index (χ1n) is 22.8. The minimum atomic E-state index is -0.757. The molecule has 65 heavy (non-hydrogen) atoms. The third kappa shape index (κ3) is 11.1. The predicted molar refractivity (Wildman–Crippen MR) is 249 cm³/mol. The quantitative estimate of drug-likeness (QED) is 0.0629. The Morgan fingerprint density at radius 1 is 0.877 bits per heavy atom. The van der Waals surface area contributed by atoms with Gasteiger partial charge in [-0.15, -0.1) is 0 Å². The van der Waals surface area contributed by atoms with Gasteiger partial charge < -0.3 is 30.3 Å². The van der Waals surface area contributed by atoms with Crippen molar-refractivity contribution in [1.29, 1.82) is 5.41 Å². The summed E-state index contributed by atoms with van der Waals surface area (Å²) in [4.78, 5) is 64.2. The summed E-state index contributed by atoms with van der Waals surface area (Å²) in [5, 5.41) is 17.7. The van der Waals surface area contributed by atoms with Gasteiger partial charge in [-0.1, -0.05) is 65.5 Å². The lowest BCUT2D eigenvalue weighted by Crippen LogP contribution is -2.52. The molecule has 0 aromatic heterocycles. The molecule has 338 valence electrons. The zero-order valence-corrected chi connectivity index (χ0v) is 37.1. The van der Waals surface area contributed by atoms with Crippen LogP contribution in [0.3, 0.4) is 0 Å². The van der Waals surface area contributed by atoms with Crippen molar-refractivity contribution < 1.29 is 18.8 Å². The fourth-order valence-electron chi connectivity index (χ4n) is 9.29. The predicted octanol–water partition coefficient (Wildman–Crippen LogP) is 4.99. The SMILES string of the molecule is CC(=N)/C(=C1/N=C(c2cccc(CCN3CCN(CCCCC#Cc4cc(F)cc5c4CN(C4CCC(=O)NC4=O)C5=O)CC3)c2)C=C(N2CCN(CCN=O)CC2)N1)c1ccccc1. The molecule has 1 unspecified atom stereocenters. The molecule has 5 aliphatic rings. The summed E-state index contributed by atoms with van der Waals surface area (Å²) in [6.07, 6.45) is 6.01. The Labute approximate surface area is 380 Å². The van der Waals surface area contributed by atoms with Crippen LogP contribution < -0.4 is 10.6 Å². The van der Waals surface area contributed by atoms with Crippen LogP contribution in [0, 0.1) is 28.0 Å². The number of halogens is 1. The van der Waals surface area contributed by atoms with E-state index in [-0.39, 0.29) is 30.9 Å². The first-order valence-corrected chi connectivity index (χ1v) is 22.8. The molecule has 3 N–H and O–H groups in total. The number of rotatable bonds is 15. The van der Waals surface area contributed by atoms with Gasteiger partial charge in [0.25, 0.3) is 5.91 Å². The molecule has 3 saturated heterocycles. The highest BCUT2D eigenvalue weighted by Gasteiger charge is 2.40. The summed E-state index contributed by atoms with van der Waals surface area (Å²) in [6.45, 7) is 12.2. The zero-order chi connectivity index (χ0) is 45.3. The van der Waals surface area contributed by atoms with Crippen molar-refractivity contribution in [2.45, 2.75) is 58.0 Å². The number of imide groups is 1. The fourth-order valence-corrected chi connectivity index (χ4v) is 9.29. The number of carbonyl (C=O) groups is 3. The van der Waals surface area contributed by atoms with Gasteiger partial charge in [0.2, 0.25) is 11.8 Å². The van der Waals surface area contributed by atoms with E-state index in [4.69, 9.17) is 10.4 Å². The van der Waals surface area contributed by atoms with Crippen LogP contribution in [0.25, 0.3) is 5.57 Å². The maximum Gasteiger partial charge on any atom is 0.255 e. The molecule has 3 aromatic carbocycles. The van der Waals surface area contributed by atoms with Crippen molar-refractivity contribution >= 4 is 34.7 Å². The smallest absolute Gasteiger partial charge is 0.255 e. The Morgan fingerprint density at radius 2 is 1.62 bits per heavy atom. The van der Waals surface area contributed by atoms with Crippen LogP contribution in [-0.2, 0) is 22.6 Å². The number of amides is 3. The number of piperidine rings is 1. The largest absolute Gasteiger partial charge is 0.356 e. The van der Waals surface area contributed by atoms with Crippen LogP contribution in [0.15, 0.2) is 94.6 Å². The fraction of sp³-hybridized carbons (Fsp3) is 0.420. The molecule has 3 fully saturated rings.